The van der Waals surface area contributed by atoms with E-state index in [0.717, 1.165) is 23.6 Å². The molecule has 0 radical (unpaired) electrons. The van der Waals surface area contributed by atoms with Crippen molar-refractivity contribution >= 4 is 0 Å². The topological polar surface area (TPSA) is 12.5 Å². The van der Waals surface area contributed by atoms with E-state index >= 15 is 0 Å². The average Bonchev–Trinajstić information content (AvgIpc) is 3.24. The highest BCUT2D eigenvalue weighted by Crippen LogP contribution is 2.48. The normalized spacial score (nSPS) is 30.8. The largest absolute Gasteiger partial charge is 0.496 e. The van der Waals surface area contributed by atoms with Crippen LogP contribution >= 0.6 is 0 Å². The molecule has 4 rings (SSSR count). The molecule has 2 nitrogen and oxygen atoms in total. The molecule has 1 saturated heterocycles. The van der Waals surface area contributed by atoms with Gasteiger partial charge in [-0.2, -0.15) is 0 Å². The van der Waals surface area contributed by atoms with Crippen LogP contribution in [-0.4, -0.2) is 31.1 Å². The molecule has 1 aromatic rings. The molecule has 0 N–H and O–H groups in total. The van der Waals surface area contributed by atoms with Crippen LogP contribution in [0.1, 0.15) is 76.3 Å². The van der Waals surface area contributed by atoms with Crippen molar-refractivity contribution in [2.45, 2.75) is 76.7 Å². The summed E-state index contributed by atoms with van der Waals surface area (Å²) in [6.07, 6.45) is 8.59. The minimum atomic E-state index is 0.199. The van der Waals surface area contributed by atoms with Gasteiger partial charge in [-0.15, -0.1) is 0 Å². The number of fused-ring (bicyclic) bond motifs is 2. The zero-order chi connectivity index (χ0) is 17.6. The molecule has 1 aliphatic heterocycles. The molecule has 3 unspecified atom stereocenters. The maximum Gasteiger partial charge on any atom is 0.122 e. The van der Waals surface area contributed by atoms with E-state index in [4.69, 9.17) is 4.74 Å². The summed E-state index contributed by atoms with van der Waals surface area (Å²) >= 11 is 0. The molecule has 25 heavy (non-hydrogen) atoms. The molecule has 2 heteroatoms. The average molecular weight is 342 g/mol. The summed E-state index contributed by atoms with van der Waals surface area (Å²) in [5, 5.41) is 0. The first-order chi connectivity index (χ1) is 12.0. The van der Waals surface area contributed by atoms with Crippen LogP contribution in [0.25, 0.3) is 0 Å². The van der Waals surface area contributed by atoms with Gasteiger partial charge in [-0.25, -0.2) is 0 Å². The monoisotopic (exact) mass is 341 g/mol. The number of rotatable bonds is 3. The van der Waals surface area contributed by atoms with Gasteiger partial charge in [0.25, 0.3) is 0 Å². The second-order valence-electron chi connectivity index (χ2n) is 9.76. The highest BCUT2D eigenvalue weighted by Gasteiger charge is 2.43. The van der Waals surface area contributed by atoms with Crippen LogP contribution in [0.5, 0.6) is 5.75 Å². The Morgan fingerprint density at radius 2 is 1.76 bits per heavy atom. The Kier molecular flexibility index (Phi) is 4.60. The predicted molar refractivity (Wildman–Crippen MR) is 104 cm³/mol. The van der Waals surface area contributed by atoms with Crippen LogP contribution in [-0.2, 0) is 5.41 Å². The SMILES string of the molecule is COc1ccc(C(C)(C)C)cc1C1CCN(C2CC3CCC2C3)CC1. The number of methoxy groups -OCH3 is 1. The van der Waals surface area contributed by atoms with Crippen molar-refractivity contribution in [3.8, 4) is 5.75 Å². The molecule has 3 aliphatic rings. The van der Waals surface area contributed by atoms with E-state index in [1.807, 2.05) is 7.11 Å². The van der Waals surface area contributed by atoms with Gasteiger partial charge in [-0.3, -0.25) is 0 Å². The third kappa shape index (κ3) is 3.35. The van der Waals surface area contributed by atoms with Gasteiger partial charge in [0, 0.05) is 6.04 Å². The molecule has 0 amide bonds. The summed E-state index contributed by atoms with van der Waals surface area (Å²) in [7, 11) is 1.82. The van der Waals surface area contributed by atoms with Gasteiger partial charge < -0.3 is 9.64 Å². The summed E-state index contributed by atoms with van der Waals surface area (Å²) in [4.78, 5) is 2.83. The second kappa shape index (κ2) is 6.61. The van der Waals surface area contributed by atoms with Crippen molar-refractivity contribution < 1.29 is 4.74 Å². The van der Waals surface area contributed by atoms with E-state index in [2.05, 4.69) is 43.9 Å². The van der Waals surface area contributed by atoms with Crippen LogP contribution in [0.15, 0.2) is 18.2 Å². The molecule has 3 fully saturated rings. The summed E-state index contributed by atoms with van der Waals surface area (Å²) in [5.74, 6) is 3.81. The predicted octanol–water partition coefficient (Wildman–Crippen LogP) is 5.36. The Morgan fingerprint density at radius 3 is 2.32 bits per heavy atom. The van der Waals surface area contributed by atoms with Gasteiger partial charge >= 0.3 is 0 Å². The molecule has 2 saturated carbocycles. The molecule has 138 valence electrons. The minimum absolute atomic E-state index is 0.199. The minimum Gasteiger partial charge on any atom is -0.496 e. The molecule has 3 atom stereocenters. The molecule has 2 aliphatic carbocycles. The highest BCUT2D eigenvalue weighted by molar-refractivity contribution is 5.42. The molecule has 1 aromatic carbocycles. The van der Waals surface area contributed by atoms with Gasteiger partial charge in [-0.1, -0.05) is 39.3 Å². The summed E-state index contributed by atoms with van der Waals surface area (Å²) < 4.78 is 5.72. The summed E-state index contributed by atoms with van der Waals surface area (Å²) in [6.45, 7) is 9.46. The lowest BCUT2D eigenvalue weighted by molar-refractivity contribution is 0.110. The van der Waals surface area contributed by atoms with Crippen molar-refractivity contribution in [1.82, 2.24) is 4.90 Å². The maximum absolute atomic E-state index is 5.72. The third-order valence-corrected chi connectivity index (χ3v) is 7.23. The Labute approximate surface area is 153 Å². The standard InChI is InChI=1S/C23H35NO/c1-23(2,3)19-7-8-22(25-4)20(15-19)17-9-11-24(12-10-17)21-14-16-5-6-18(21)13-16/h7-8,15-18,21H,5-6,9-14H2,1-4H3. The molecular formula is C23H35NO. The Hall–Kier alpha value is -1.02. The van der Waals surface area contributed by atoms with Crippen molar-refractivity contribution in [2.24, 2.45) is 11.8 Å². The highest BCUT2D eigenvalue weighted by atomic mass is 16.5. The van der Waals surface area contributed by atoms with Gasteiger partial charge in [0.05, 0.1) is 7.11 Å². The zero-order valence-corrected chi connectivity index (χ0v) is 16.6. The van der Waals surface area contributed by atoms with E-state index < -0.39 is 0 Å². The summed E-state index contributed by atoms with van der Waals surface area (Å²) in [5.41, 5.74) is 3.08. The van der Waals surface area contributed by atoms with E-state index in [0.29, 0.717) is 5.92 Å². The van der Waals surface area contributed by atoms with Gasteiger partial charge in [0.2, 0.25) is 0 Å². The quantitative estimate of drug-likeness (QED) is 0.734. The molecule has 1 heterocycles. The Morgan fingerprint density at radius 1 is 1.00 bits per heavy atom. The smallest absolute Gasteiger partial charge is 0.122 e. The van der Waals surface area contributed by atoms with Crippen LogP contribution in [0.3, 0.4) is 0 Å². The van der Waals surface area contributed by atoms with Crippen LogP contribution in [0.4, 0.5) is 0 Å². The van der Waals surface area contributed by atoms with Crippen LogP contribution in [0, 0.1) is 11.8 Å². The maximum atomic E-state index is 5.72. The van der Waals surface area contributed by atoms with Crippen molar-refractivity contribution in [2.75, 3.05) is 20.2 Å². The lowest BCUT2D eigenvalue weighted by Crippen LogP contribution is -2.43. The second-order valence-corrected chi connectivity index (χ2v) is 9.76. The number of ether oxygens (including phenoxy) is 1. The molecule has 0 aromatic heterocycles. The number of hydrogen-bond acceptors (Lipinski definition) is 2. The van der Waals surface area contributed by atoms with Gasteiger partial charge in [0.1, 0.15) is 5.75 Å². The summed E-state index contributed by atoms with van der Waals surface area (Å²) in [6, 6.07) is 7.77. The number of likely N-dealkylation sites (tertiary alicyclic amines) is 1. The number of piperidine rings is 1. The number of hydrogen-bond donors (Lipinski definition) is 0. The number of benzene rings is 1. The van der Waals surface area contributed by atoms with Crippen molar-refractivity contribution in [1.29, 1.82) is 0 Å². The molecule has 2 bridgehead atoms. The van der Waals surface area contributed by atoms with Gasteiger partial charge in [-0.05, 0) is 85.6 Å². The van der Waals surface area contributed by atoms with Crippen LogP contribution in [0.2, 0.25) is 0 Å². The third-order valence-electron chi connectivity index (χ3n) is 7.23. The fourth-order valence-corrected chi connectivity index (χ4v) is 5.72. The lowest BCUT2D eigenvalue weighted by Gasteiger charge is -2.40. The Bertz CT molecular complexity index is 609. The fourth-order valence-electron chi connectivity index (χ4n) is 5.72. The first-order valence-electron chi connectivity index (χ1n) is 10.4. The Balaban J connectivity index is 1.46. The fraction of sp³-hybridized carbons (Fsp3) is 0.739. The van der Waals surface area contributed by atoms with E-state index in [-0.39, 0.29) is 5.41 Å². The van der Waals surface area contributed by atoms with Gasteiger partial charge in [0.15, 0.2) is 0 Å². The first-order valence-corrected chi connectivity index (χ1v) is 10.4. The molecular weight excluding hydrogens is 306 g/mol. The first kappa shape index (κ1) is 17.4. The van der Waals surface area contributed by atoms with Crippen LogP contribution < -0.4 is 4.74 Å². The van der Waals surface area contributed by atoms with E-state index in [9.17, 15) is 0 Å². The van der Waals surface area contributed by atoms with E-state index in [1.165, 1.54) is 62.7 Å². The zero-order valence-electron chi connectivity index (χ0n) is 16.6. The van der Waals surface area contributed by atoms with E-state index in [1.54, 1.807) is 0 Å². The lowest BCUT2D eigenvalue weighted by atomic mass is 9.81. The molecule has 0 spiro atoms. The van der Waals surface area contributed by atoms with Crippen molar-refractivity contribution in [3.63, 3.8) is 0 Å². The number of nitrogens with zero attached hydrogens (tertiary/aromatic N) is 1. The van der Waals surface area contributed by atoms with Crippen molar-refractivity contribution in [3.05, 3.63) is 29.3 Å².